The first-order valence-corrected chi connectivity index (χ1v) is 5.69. The largest absolute Gasteiger partial charge is 0.478 e. The quantitative estimate of drug-likeness (QED) is 0.816. The average molecular weight is 315 g/mol. The van der Waals surface area contributed by atoms with Crippen LogP contribution in [-0.4, -0.2) is 21.4 Å². The average Bonchev–Trinajstić information content (AvgIpc) is 2.62. The highest BCUT2D eigenvalue weighted by Crippen LogP contribution is 2.18. The molecule has 2 heterocycles. The molecule has 0 aliphatic carbocycles. The van der Waals surface area contributed by atoms with Gasteiger partial charge < -0.3 is 4.74 Å². The first-order chi connectivity index (χ1) is 7.31. The number of hydrogen-bond donors (Lipinski definition) is 0. The van der Waals surface area contributed by atoms with Gasteiger partial charge in [-0.1, -0.05) is 6.07 Å². The van der Waals surface area contributed by atoms with E-state index in [9.17, 15) is 0 Å². The minimum absolute atomic E-state index is 0.620. The zero-order valence-electron chi connectivity index (χ0n) is 8.22. The Morgan fingerprint density at radius 2 is 2.33 bits per heavy atom. The number of hydrogen-bond acceptors (Lipinski definition) is 3. The van der Waals surface area contributed by atoms with Gasteiger partial charge in [-0.25, -0.2) is 4.98 Å². The fourth-order valence-electron chi connectivity index (χ4n) is 1.23. The fraction of sp³-hybridized carbons (Fsp3) is 0.200. The Hall–Kier alpha value is -1.11. The standard InChI is InChI=1S/C10H10IN3O/c1-2-15-10-7-8(11)13-14(10)9-5-3-4-6-12-9/h3-7H,2H2,1H3. The number of nitrogens with zero attached hydrogens (tertiary/aromatic N) is 3. The molecule has 0 N–H and O–H groups in total. The van der Waals surface area contributed by atoms with E-state index in [-0.39, 0.29) is 0 Å². The second-order valence-corrected chi connectivity index (χ2v) is 3.94. The highest BCUT2D eigenvalue weighted by atomic mass is 127. The van der Waals surface area contributed by atoms with Crippen LogP contribution in [0.3, 0.4) is 0 Å². The molecule has 5 heteroatoms. The van der Waals surface area contributed by atoms with Crippen molar-refractivity contribution in [2.75, 3.05) is 6.61 Å². The molecular weight excluding hydrogens is 305 g/mol. The summed E-state index contributed by atoms with van der Waals surface area (Å²) in [4.78, 5) is 4.22. The van der Waals surface area contributed by atoms with Gasteiger partial charge in [0.05, 0.1) is 6.61 Å². The van der Waals surface area contributed by atoms with Gasteiger partial charge in [0.1, 0.15) is 3.70 Å². The number of aromatic nitrogens is 3. The van der Waals surface area contributed by atoms with Crippen LogP contribution < -0.4 is 4.74 Å². The summed E-state index contributed by atoms with van der Waals surface area (Å²) in [5, 5.41) is 4.32. The lowest BCUT2D eigenvalue weighted by molar-refractivity contribution is 0.316. The SMILES string of the molecule is CCOc1cc(I)nn1-c1ccccn1. The summed E-state index contributed by atoms with van der Waals surface area (Å²) >= 11 is 2.15. The molecular formula is C10H10IN3O. The summed E-state index contributed by atoms with van der Waals surface area (Å²) < 4.78 is 8.06. The number of halogens is 1. The highest BCUT2D eigenvalue weighted by Gasteiger charge is 2.08. The predicted octanol–water partition coefficient (Wildman–Crippen LogP) is 2.27. The van der Waals surface area contributed by atoms with Crippen molar-refractivity contribution >= 4 is 22.6 Å². The molecule has 0 fully saturated rings. The first-order valence-electron chi connectivity index (χ1n) is 4.61. The van der Waals surface area contributed by atoms with E-state index in [4.69, 9.17) is 4.74 Å². The Labute approximate surface area is 101 Å². The molecule has 0 saturated carbocycles. The number of ether oxygens (including phenoxy) is 1. The Kier molecular flexibility index (Phi) is 3.20. The van der Waals surface area contributed by atoms with E-state index >= 15 is 0 Å². The lowest BCUT2D eigenvalue weighted by Crippen LogP contribution is -2.03. The van der Waals surface area contributed by atoms with Crippen molar-refractivity contribution in [1.82, 2.24) is 14.8 Å². The Morgan fingerprint density at radius 1 is 1.47 bits per heavy atom. The third-order valence-electron chi connectivity index (χ3n) is 1.81. The molecule has 15 heavy (non-hydrogen) atoms. The topological polar surface area (TPSA) is 39.9 Å². The molecule has 2 aromatic rings. The third kappa shape index (κ3) is 2.28. The minimum atomic E-state index is 0.620. The van der Waals surface area contributed by atoms with Crippen LogP contribution in [0.15, 0.2) is 30.5 Å². The Morgan fingerprint density at radius 3 is 3.00 bits per heavy atom. The molecule has 2 aromatic heterocycles. The van der Waals surface area contributed by atoms with E-state index in [0.717, 1.165) is 15.4 Å². The molecule has 0 aliphatic heterocycles. The van der Waals surface area contributed by atoms with Gasteiger partial charge in [0.25, 0.3) is 0 Å². The Balaban J connectivity index is 2.43. The molecule has 0 saturated heterocycles. The maximum absolute atomic E-state index is 5.47. The monoisotopic (exact) mass is 315 g/mol. The van der Waals surface area contributed by atoms with E-state index in [1.54, 1.807) is 10.9 Å². The van der Waals surface area contributed by atoms with E-state index < -0.39 is 0 Å². The van der Waals surface area contributed by atoms with Crippen LogP contribution in [0.1, 0.15) is 6.92 Å². The van der Waals surface area contributed by atoms with E-state index in [1.807, 2.05) is 31.2 Å². The lowest BCUT2D eigenvalue weighted by Gasteiger charge is -2.05. The van der Waals surface area contributed by atoms with Crippen LogP contribution in [0.4, 0.5) is 0 Å². The summed E-state index contributed by atoms with van der Waals surface area (Å²) in [5.74, 6) is 1.49. The van der Waals surface area contributed by atoms with Crippen molar-refractivity contribution in [1.29, 1.82) is 0 Å². The summed E-state index contributed by atoms with van der Waals surface area (Å²) in [6.07, 6.45) is 1.74. The van der Waals surface area contributed by atoms with Gasteiger partial charge in [0.15, 0.2) is 5.82 Å². The maximum atomic E-state index is 5.47. The van der Waals surface area contributed by atoms with Crippen molar-refractivity contribution in [3.8, 4) is 11.7 Å². The molecule has 0 spiro atoms. The molecule has 0 radical (unpaired) electrons. The van der Waals surface area contributed by atoms with E-state index in [1.165, 1.54) is 0 Å². The van der Waals surface area contributed by atoms with Crippen molar-refractivity contribution in [2.45, 2.75) is 6.92 Å². The first kappa shape index (κ1) is 10.4. The van der Waals surface area contributed by atoms with Gasteiger partial charge in [-0.05, 0) is 41.6 Å². The zero-order valence-corrected chi connectivity index (χ0v) is 10.4. The van der Waals surface area contributed by atoms with Crippen LogP contribution in [0.25, 0.3) is 5.82 Å². The minimum Gasteiger partial charge on any atom is -0.478 e. The summed E-state index contributed by atoms with van der Waals surface area (Å²) in [6.45, 7) is 2.57. The van der Waals surface area contributed by atoms with Crippen LogP contribution >= 0.6 is 22.6 Å². The second kappa shape index (κ2) is 4.61. The molecule has 0 bridgehead atoms. The van der Waals surface area contributed by atoms with Crippen LogP contribution in [0, 0.1) is 3.70 Å². The highest BCUT2D eigenvalue weighted by molar-refractivity contribution is 14.1. The summed E-state index contributed by atoms with van der Waals surface area (Å²) in [7, 11) is 0. The fourth-order valence-corrected chi connectivity index (χ4v) is 1.71. The zero-order chi connectivity index (χ0) is 10.7. The Bertz CT molecular complexity index is 441. The third-order valence-corrected chi connectivity index (χ3v) is 2.33. The van der Waals surface area contributed by atoms with Crippen molar-refractivity contribution in [3.63, 3.8) is 0 Å². The smallest absolute Gasteiger partial charge is 0.219 e. The van der Waals surface area contributed by atoms with Crippen LogP contribution in [-0.2, 0) is 0 Å². The van der Waals surface area contributed by atoms with E-state index in [2.05, 4.69) is 32.7 Å². The molecule has 0 aromatic carbocycles. The molecule has 2 rings (SSSR count). The van der Waals surface area contributed by atoms with Crippen LogP contribution in [0.5, 0.6) is 5.88 Å². The van der Waals surface area contributed by atoms with Gasteiger partial charge in [-0.15, -0.1) is 0 Å². The number of pyridine rings is 1. The van der Waals surface area contributed by atoms with Crippen molar-refractivity contribution < 1.29 is 4.74 Å². The predicted molar refractivity (Wildman–Crippen MR) is 65.2 cm³/mol. The number of rotatable bonds is 3. The van der Waals surface area contributed by atoms with Gasteiger partial charge >= 0.3 is 0 Å². The molecule has 4 nitrogen and oxygen atoms in total. The molecule has 78 valence electrons. The lowest BCUT2D eigenvalue weighted by atomic mass is 10.5. The van der Waals surface area contributed by atoms with Gasteiger partial charge in [0, 0.05) is 12.3 Å². The normalized spacial score (nSPS) is 10.3. The van der Waals surface area contributed by atoms with Gasteiger partial charge in [-0.3, -0.25) is 0 Å². The maximum Gasteiger partial charge on any atom is 0.219 e. The molecule has 0 atom stereocenters. The molecule has 0 unspecified atom stereocenters. The van der Waals surface area contributed by atoms with Crippen molar-refractivity contribution in [3.05, 3.63) is 34.2 Å². The molecule has 0 aliphatic rings. The van der Waals surface area contributed by atoms with Crippen LogP contribution in [0.2, 0.25) is 0 Å². The molecule has 0 amide bonds. The summed E-state index contributed by atoms with van der Waals surface area (Å²) in [6, 6.07) is 7.58. The summed E-state index contributed by atoms with van der Waals surface area (Å²) in [5.41, 5.74) is 0. The second-order valence-electron chi connectivity index (χ2n) is 2.84. The van der Waals surface area contributed by atoms with Crippen molar-refractivity contribution in [2.24, 2.45) is 0 Å². The van der Waals surface area contributed by atoms with Gasteiger partial charge in [-0.2, -0.15) is 9.78 Å². The van der Waals surface area contributed by atoms with E-state index in [0.29, 0.717) is 6.61 Å². The van der Waals surface area contributed by atoms with Gasteiger partial charge in [0.2, 0.25) is 5.88 Å².